The summed E-state index contributed by atoms with van der Waals surface area (Å²) in [5.41, 5.74) is 0.272. The molecule has 0 aliphatic heterocycles. The molecule has 2 rings (SSSR count). The van der Waals surface area contributed by atoms with E-state index in [1.54, 1.807) is 23.1 Å². The van der Waals surface area contributed by atoms with Gasteiger partial charge in [0.15, 0.2) is 0 Å². The van der Waals surface area contributed by atoms with Crippen LogP contribution in [-0.2, 0) is 6.42 Å². The molecule has 0 fully saturated rings. The lowest BCUT2D eigenvalue weighted by atomic mass is 10.2. The highest BCUT2D eigenvalue weighted by molar-refractivity contribution is 5.74. The van der Waals surface area contributed by atoms with Crippen LogP contribution < -0.4 is 5.32 Å². The van der Waals surface area contributed by atoms with Crippen molar-refractivity contribution in [3.05, 3.63) is 36.0 Å². The molecule has 0 saturated heterocycles. The third-order valence-electron chi connectivity index (χ3n) is 3.24. The summed E-state index contributed by atoms with van der Waals surface area (Å²) < 4.78 is 19.0. The first-order valence-electron chi connectivity index (χ1n) is 7.25. The third-order valence-corrected chi connectivity index (χ3v) is 3.24. The topological polar surface area (TPSA) is 71.3 Å². The van der Waals surface area contributed by atoms with Gasteiger partial charge in [-0.2, -0.15) is 0 Å². The van der Waals surface area contributed by atoms with Gasteiger partial charge in [0.1, 0.15) is 5.82 Å². The maximum absolute atomic E-state index is 13.6. The van der Waals surface area contributed by atoms with Crippen molar-refractivity contribution in [3.63, 3.8) is 0 Å². The van der Waals surface area contributed by atoms with Gasteiger partial charge in [-0.15, -0.1) is 10.2 Å². The lowest BCUT2D eigenvalue weighted by Crippen LogP contribution is -2.40. The standard InChI is InChI=1S/C15H19FN4O2/c1-3-20(4-2)15(21)17-10-9-13-18-19-14(22-13)11-7-5-6-8-12(11)16/h5-8H,3-4,9-10H2,1-2H3,(H,17,21). The van der Waals surface area contributed by atoms with Crippen LogP contribution in [0.3, 0.4) is 0 Å². The second-order valence-corrected chi connectivity index (χ2v) is 4.64. The lowest BCUT2D eigenvalue weighted by molar-refractivity contribution is 0.203. The minimum Gasteiger partial charge on any atom is -0.421 e. The average molecular weight is 306 g/mol. The number of benzene rings is 1. The first-order chi connectivity index (χ1) is 10.7. The van der Waals surface area contributed by atoms with E-state index in [4.69, 9.17) is 4.42 Å². The highest BCUT2D eigenvalue weighted by atomic mass is 19.1. The number of carbonyl (C=O) groups is 1. The van der Waals surface area contributed by atoms with Crippen LogP contribution in [0.15, 0.2) is 28.7 Å². The Morgan fingerprint density at radius 1 is 1.27 bits per heavy atom. The van der Waals surface area contributed by atoms with E-state index in [0.717, 1.165) is 0 Å². The van der Waals surface area contributed by atoms with Gasteiger partial charge in [0.05, 0.1) is 5.56 Å². The van der Waals surface area contributed by atoms with Crippen LogP contribution in [-0.4, -0.2) is 40.8 Å². The van der Waals surface area contributed by atoms with Crippen molar-refractivity contribution in [2.45, 2.75) is 20.3 Å². The van der Waals surface area contributed by atoms with Gasteiger partial charge >= 0.3 is 6.03 Å². The molecule has 2 amide bonds. The van der Waals surface area contributed by atoms with Gasteiger partial charge < -0.3 is 14.6 Å². The van der Waals surface area contributed by atoms with E-state index < -0.39 is 5.82 Å². The molecule has 0 bridgehead atoms. The number of nitrogens with zero attached hydrogens (tertiary/aromatic N) is 3. The zero-order valence-electron chi connectivity index (χ0n) is 12.7. The minimum atomic E-state index is -0.410. The number of amides is 2. The molecule has 0 radical (unpaired) electrons. The number of nitrogens with one attached hydrogen (secondary N) is 1. The van der Waals surface area contributed by atoms with E-state index in [1.807, 2.05) is 13.8 Å². The highest BCUT2D eigenvalue weighted by Crippen LogP contribution is 2.20. The molecule has 0 unspecified atom stereocenters. The molecule has 0 atom stereocenters. The van der Waals surface area contributed by atoms with Crippen LogP contribution >= 0.6 is 0 Å². The lowest BCUT2D eigenvalue weighted by Gasteiger charge is -2.18. The fourth-order valence-electron chi connectivity index (χ4n) is 2.00. The summed E-state index contributed by atoms with van der Waals surface area (Å²) >= 11 is 0. The minimum absolute atomic E-state index is 0.126. The van der Waals surface area contributed by atoms with Gasteiger partial charge in [0.2, 0.25) is 5.89 Å². The first-order valence-corrected chi connectivity index (χ1v) is 7.25. The first kappa shape index (κ1) is 15.9. The zero-order chi connectivity index (χ0) is 15.9. The Kier molecular flexibility index (Phi) is 5.46. The summed E-state index contributed by atoms with van der Waals surface area (Å²) in [6.45, 7) is 5.53. The van der Waals surface area contributed by atoms with Crippen molar-refractivity contribution in [1.29, 1.82) is 0 Å². The van der Waals surface area contributed by atoms with Crippen molar-refractivity contribution >= 4 is 6.03 Å². The molecule has 0 aliphatic rings. The predicted molar refractivity (Wildman–Crippen MR) is 79.7 cm³/mol. The van der Waals surface area contributed by atoms with Crippen LogP contribution in [0.4, 0.5) is 9.18 Å². The molecular weight excluding hydrogens is 287 g/mol. The highest BCUT2D eigenvalue weighted by Gasteiger charge is 2.13. The van der Waals surface area contributed by atoms with Gasteiger partial charge in [-0.25, -0.2) is 9.18 Å². The number of hydrogen-bond acceptors (Lipinski definition) is 4. The summed E-state index contributed by atoms with van der Waals surface area (Å²) in [6.07, 6.45) is 0.397. The maximum atomic E-state index is 13.6. The largest absolute Gasteiger partial charge is 0.421 e. The second kappa shape index (κ2) is 7.53. The van der Waals surface area contributed by atoms with E-state index in [-0.39, 0.29) is 17.5 Å². The molecule has 0 aliphatic carbocycles. The van der Waals surface area contributed by atoms with Crippen molar-refractivity contribution < 1.29 is 13.6 Å². The Labute approximate surface area is 128 Å². The summed E-state index contributed by atoms with van der Waals surface area (Å²) in [5, 5.41) is 10.5. The molecule has 1 aromatic heterocycles. The van der Waals surface area contributed by atoms with Gasteiger partial charge in [-0.3, -0.25) is 0 Å². The second-order valence-electron chi connectivity index (χ2n) is 4.64. The molecule has 22 heavy (non-hydrogen) atoms. The Bertz CT molecular complexity index is 626. The van der Waals surface area contributed by atoms with Crippen LogP contribution in [0.2, 0.25) is 0 Å². The Hall–Kier alpha value is -2.44. The fraction of sp³-hybridized carbons (Fsp3) is 0.400. The van der Waals surface area contributed by atoms with E-state index in [9.17, 15) is 9.18 Å². The van der Waals surface area contributed by atoms with E-state index in [0.29, 0.717) is 31.9 Å². The monoisotopic (exact) mass is 306 g/mol. The van der Waals surface area contributed by atoms with Gasteiger partial charge in [0.25, 0.3) is 5.89 Å². The number of rotatable bonds is 6. The van der Waals surface area contributed by atoms with E-state index in [2.05, 4.69) is 15.5 Å². The SMILES string of the molecule is CCN(CC)C(=O)NCCc1nnc(-c2ccccc2F)o1. The summed E-state index contributed by atoms with van der Waals surface area (Å²) in [5.74, 6) is 0.0915. The zero-order valence-corrected chi connectivity index (χ0v) is 12.7. The normalized spacial score (nSPS) is 10.5. The Balaban J connectivity index is 1.91. The molecule has 7 heteroatoms. The van der Waals surface area contributed by atoms with Gasteiger partial charge in [0, 0.05) is 26.1 Å². The van der Waals surface area contributed by atoms with E-state index >= 15 is 0 Å². The number of urea groups is 1. The molecule has 0 saturated carbocycles. The fourth-order valence-corrected chi connectivity index (χ4v) is 2.00. The van der Waals surface area contributed by atoms with Crippen LogP contribution in [0.5, 0.6) is 0 Å². The van der Waals surface area contributed by atoms with Crippen LogP contribution in [0, 0.1) is 5.82 Å². The Morgan fingerprint density at radius 3 is 2.68 bits per heavy atom. The smallest absolute Gasteiger partial charge is 0.317 e. The molecule has 1 aromatic carbocycles. The Morgan fingerprint density at radius 2 is 2.00 bits per heavy atom. The van der Waals surface area contributed by atoms with Crippen LogP contribution in [0.1, 0.15) is 19.7 Å². The molecule has 6 nitrogen and oxygen atoms in total. The predicted octanol–water partition coefficient (Wildman–Crippen LogP) is 2.47. The third kappa shape index (κ3) is 3.81. The molecular formula is C15H19FN4O2. The van der Waals surface area contributed by atoms with E-state index in [1.165, 1.54) is 6.07 Å². The number of carbonyl (C=O) groups excluding carboxylic acids is 1. The molecule has 2 aromatic rings. The molecule has 0 spiro atoms. The molecule has 1 N–H and O–H groups in total. The van der Waals surface area contributed by atoms with Crippen molar-refractivity contribution in [3.8, 4) is 11.5 Å². The van der Waals surface area contributed by atoms with Gasteiger partial charge in [-0.05, 0) is 26.0 Å². The molecule has 1 heterocycles. The van der Waals surface area contributed by atoms with Crippen molar-refractivity contribution in [2.75, 3.05) is 19.6 Å². The average Bonchev–Trinajstić information content (AvgIpc) is 2.97. The van der Waals surface area contributed by atoms with Crippen molar-refractivity contribution in [2.24, 2.45) is 0 Å². The number of hydrogen-bond donors (Lipinski definition) is 1. The number of aromatic nitrogens is 2. The summed E-state index contributed by atoms with van der Waals surface area (Å²) in [6, 6.07) is 6.09. The van der Waals surface area contributed by atoms with Crippen molar-refractivity contribution in [1.82, 2.24) is 20.4 Å². The molecule has 118 valence electrons. The van der Waals surface area contributed by atoms with Gasteiger partial charge in [-0.1, -0.05) is 12.1 Å². The summed E-state index contributed by atoms with van der Waals surface area (Å²) in [4.78, 5) is 13.4. The quantitative estimate of drug-likeness (QED) is 0.890. The number of halogens is 1. The maximum Gasteiger partial charge on any atom is 0.317 e. The summed E-state index contributed by atoms with van der Waals surface area (Å²) in [7, 11) is 0. The van der Waals surface area contributed by atoms with Crippen LogP contribution in [0.25, 0.3) is 11.5 Å².